The predicted molar refractivity (Wildman–Crippen MR) is 60.2 cm³/mol. The molecule has 0 atom stereocenters. The molecule has 1 saturated heterocycles. The Balaban J connectivity index is 2.08. The highest BCUT2D eigenvalue weighted by Crippen LogP contribution is 2.07. The molecule has 0 unspecified atom stereocenters. The van der Waals surface area contributed by atoms with E-state index in [1.54, 1.807) is 0 Å². The lowest BCUT2D eigenvalue weighted by atomic mass is 10.3. The van der Waals surface area contributed by atoms with Gasteiger partial charge in [0.1, 0.15) is 12.4 Å². The fourth-order valence-electron chi connectivity index (χ4n) is 1.68. The Morgan fingerprint density at radius 2 is 2.00 bits per heavy atom. The summed E-state index contributed by atoms with van der Waals surface area (Å²) in [5, 5.41) is 0. The number of hydrogen-bond acceptors (Lipinski definition) is 2. The van der Waals surface area contributed by atoms with Crippen molar-refractivity contribution >= 4 is 0 Å². The summed E-state index contributed by atoms with van der Waals surface area (Å²) in [5.41, 5.74) is 1.23. The highest BCUT2D eigenvalue weighted by molar-refractivity contribution is 5.12. The van der Waals surface area contributed by atoms with Crippen LogP contribution in [0.1, 0.15) is 26.7 Å². The van der Waals surface area contributed by atoms with E-state index in [2.05, 4.69) is 25.3 Å². The number of allylic oxidation sites excluding steroid dienone is 2. The monoisotopic (exact) mass is 195 g/mol. The van der Waals surface area contributed by atoms with Crippen molar-refractivity contribution in [1.82, 2.24) is 4.90 Å². The van der Waals surface area contributed by atoms with Gasteiger partial charge in [-0.2, -0.15) is 0 Å². The van der Waals surface area contributed by atoms with Crippen LogP contribution >= 0.6 is 0 Å². The Kier molecular flexibility index (Phi) is 4.74. The standard InChI is InChI=1S/C12H21NO/c1-11(2)10-12(3)14-9-8-13-6-4-5-7-13/h10H,3-9H2,1-2H3. The average molecular weight is 195 g/mol. The molecule has 0 bridgehead atoms. The van der Waals surface area contributed by atoms with Crippen molar-refractivity contribution in [1.29, 1.82) is 0 Å². The predicted octanol–water partition coefficient (Wildman–Crippen LogP) is 2.58. The lowest BCUT2D eigenvalue weighted by molar-refractivity contribution is 0.180. The Labute approximate surface area is 87.2 Å². The van der Waals surface area contributed by atoms with Crippen LogP contribution in [0.25, 0.3) is 0 Å². The van der Waals surface area contributed by atoms with Gasteiger partial charge in [0.25, 0.3) is 0 Å². The molecule has 0 saturated carbocycles. The van der Waals surface area contributed by atoms with Crippen molar-refractivity contribution in [3.8, 4) is 0 Å². The molecule has 1 aliphatic heterocycles. The highest BCUT2D eigenvalue weighted by atomic mass is 16.5. The maximum absolute atomic E-state index is 5.50. The third kappa shape index (κ3) is 4.47. The second-order valence-electron chi connectivity index (χ2n) is 4.09. The van der Waals surface area contributed by atoms with Crippen molar-refractivity contribution in [2.24, 2.45) is 0 Å². The van der Waals surface area contributed by atoms with E-state index in [4.69, 9.17) is 4.74 Å². The Hall–Kier alpha value is -0.760. The van der Waals surface area contributed by atoms with E-state index in [0.717, 1.165) is 18.9 Å². The lowest BCUT2D eigenvalue weighted by Gasteiger charge is -2.14. The summed E-state index contributed by atoms with van der Waals surface area (Å²) in [6.45, 7) is 12.2. The van der Waals surface area contributed by atoms with Crippen LogP contribution in [0.5, 0.6) is 0 Å². The zero-order valence-electron chi connectivity index (χ0n) is 9.38. The Morgan fingerprint density at radius 3 is 2.57 bits per heavy atom. The van der Waals surface area contributed by atoms with E-state index in [0.29, 0.717) is 0 Å². The summed E-state index contributed by atoms with van der Waals surface area (Å²) in [4.78, 5) is 2.44. The fraction of sp³-hybridized carbons (Fsp3) is 0.667. The summed E-state index contributed by atoms with van der Waals surface area (Å²) < 4.78 is 5.50. The molecule has 0 N–H and O–H groups in total. The lowest BCUT2D eigenvalue weighted by Crippen LogP contribution is -2.23. The average Bonchev–Trinajstić information content (AvgIpc) is 2.55. The van der Waals surface area contributed by atoms with Crippen molar-refractivity contribution in [2.75, 3.05) is 26.2 Å². The van der Waals surface area contributed by atoms with Gasteiger partial charge in [0.05, 0.1) is 0 Å². The number of rotatable bonds is 5. The first kappa shape index (κ1) is 11.3. The van der Waals surface area contributed by atoms with Gasteiger partial charge < -0.3 is 4.74 Å². The maximum Gasteiger partial charge on any atom is 0.112 e. The van der Waals surface area contributed by atoms with Gasteiger partial charge in [0.15, 0.2) is 0 Å². The number of likely N-dealkylation sites (tertiary alicyclic amines) is 1. The summed E-state index contributed by atoms with van der Waals surface area (Å²) in [5.74, 6) is 0.782. The van der Waals surface area contributed by atoms with Gasteiger partial charge in [-0.05, 0) is 45.9 Å². The molecular formula is C12H21NO. The van der Waals surface area contributed by atoms with E-state index < -0.39 is 0 Å². The van der Waals surface area contributed by atoms with Crippen LogP contribution in [0.3, 0.4) is 0 Å². The molecule has 1 heterocycles. The molecule has 1 aliphatic rings. The van der Waals surface area contributed by atoms with Gasteiger partial charge in [0.2, 0.25) is 0 Å². The smallest absolute Gasteiger partial charge is 0.112 e. The van der Waals surface area contributed by atoms with Gasteiger partial charge in [-0.15, -0.1) is 0 Å². The van der Waals surface area contributed by atoms with E-state index in [9.17, 15) is 0 Å². The minimum Gasteiger partial charge on any atom is -0.493 e. The van der Waals surface area contributed by atoms with Gasteiger partial charge in [-0.1, -0.05) is 12.2 Å². The number of ether oxygens (including phenoxy) is 1. The van der Waals surface area contributed by atoms with Crippen LogP contribution in [0.4, 0.5) is 0 Å². The summed E-state index contributed by atoms with van der Waals surface area (Å²) >= 11 is 0. The fourth-order valence-corrected chi connectivity index (χ4v) is 1.68. The van der Waals surface area contributed by atoms with Crippen LogP contribution in [0.2, 0.25) is 0 Å². The third-order valence-electron chi connectivity index (χ3n) is 2.34. The van der Waals surface area contributed by atoms with Crippen molar-refractivity contribution in [2.45, 2.75) is 26.7 Å². The first-order valence-corrected chi connectivity index (χ1v) is 5.37. The molecule has 1 fully saturated rings. The molecule has 0 aromatic carbocycles. The first-order chi connectivity index (χ1) is 6.68. The summed E-state index contributed by atoms with van der Waals surface area (Å²) in [6.07, 6.45) is 4.66. The normalized spacial score (nSPS) is 16.7. The van der Waals surface area contributed by atoms with Gasteiger partial charge in [-0.25, -0.2) is 0 Å². The quantitative estimate of drug-likeness (QED) is 0.494. The van der Waals surface area contributed by atoms with Crippen LogP contribution < -0.4 is 0 Å². The van der Waals surface area contributed by atoms with E-state index in [1.165, 1.54) is 31.5 Å². The zero-order chi connectivity index (χ0) is 10.4. The molecule has 2 nitrogen and oxygen atoms in total. The number of hydrogen-bond donors (Lipinski definition) is 0. The molecule has 80 valence electrons. The Morgan fingerprint density at radius 1 is 1.36 bits per heavy atom. The maximum atomic E-state index is 5.50. The summed E-state index contributed by atoms with van der Waals surface area (Å²) in [6, 6.07) is 0. The van der Waals surface area contributed by atoms with E-state index in [-0.39, 0.29) is 0 Å². The first-order valence-electron chi connectivity index (χ1n) is 5.37. The second kappa shape index (κ2) is 5.86. The largest absolute Gasteiger partial charge is 0.493 e. The molecule has 2 heteroatoms. The van der Waals surface area contributed by atoms with Gasteiger partial charge in [-0.3, -0.25) is 4.90 Å². The van der Waals surface area contributed by atoms with E-state index in [1.807, 2.05) is 6.08 Å². The molecule has 0 aromatic rings. The molecule has 0 aromatic heterocycles. The van der Waals surface area contributed by atoms with E-state index >= 15 is 0 Å². The molecule has 0 spiro atoms. The van der Waals surface area contributed by atoms with Gasteiger partial charge >= 0.3 is 0 Å². The van der Waals surface area contributed by atoms with Crippen molar-refractivity contribution < 1.29 is 4.74 Å². The second-order valence-corrected chi connectivity index (χ2v) is 4.09. The molecule has 1 rings (SSSR count). The molecular weight excluding hydrogens is 174 g/mol. The highest BCUT2D eigenvalue weighted by Gasteiger charge is 2.10. The Bertz CT molecular complexity index is 210. The summed E-state index contributed by atoms with van der Waals surface area (Å²) in [7, 11) is 0. The minimum atomic E-state index is 0.766. The SMILES string of the molecule is C=C(C=C(C)C)OCCN1CCCC1. The van der Waals surface area contributed by atoms with Crippen LogP contribution in [0, 0.1) is 0 Å². The minimum absolute atomic E-state index is 0.766. The van der Waals surface area contributed by atoms with Crippen LogP contribution in [-0.4, -0.2) is 31.1 Å². The van der Waals surface area contributed by atoms with Gasteiger partial charge in [0, 0.05) is 6.54 Å². The van der Waals surface area contributed by atoms with Crippen molar-refractivity contribution in [3.63, 3.8) is 0 Å². The molecule has 0 radical (unpaired) electrons. The van der Waals surface area contributed by atoms with Crippen LogP contribution in [0.15, 0.2) is 24.0 Å². The third-order valence-corrected chi connectivity index (χ3v) is 2.34. The number of nitrogens with zero attached hydrogens (tertiary/aromatic N) is 1. The topological polar surface area (TPSA) is 12.5 Å². The molecule has 0 aliphatic carbocycles. The van der Waals surface area contributed by atoms with Crippen molar-refractivity contribution in [3.05, 3.63) is 24.0 Å². The molecule has 14 heavy (non-hydrogen) atoms. The van der Waals surface area contributed by atoms with Crippen LogP contribution in [-0.2, 0) is 4.74 Å². The zero-order valence-corrected chi connectivity index (χ0v) is 9.38. The molecule has 0 amide bonds.